The van der Waals surface area contributed by atoms with Crippen LogP contribution in [0, 0.1) is 5.82 Å². The largest absolute Gasteiger partial charge is 0.359 e. The number of pyridine rings is 1. The number of likely N-dealkylation sites (tertiary alicyclic amines) is 1. The number of hydrogen-bond donors (Lipinski definition) is 0. The lowest BCUT2D eigenvalue weighted by Crippen LogP contribution is -2.32. The van der Waals surface area contributed by atoms with Gasteiger partial charge in [-0.25, -0.2) is 4.39 Å². The van der Waals surface area contributed by atoms with Gasteiger partial charge in [-0.15, -0.1) is 0 Å². The Morgan fingerprint density at radius 3 is 2.76 bits per heavy atom. The fourth-order valence-electron chi connectivity index (χ4n) is 3.47. The van der Waals surface area contributed by atoms with Crippen molar-refractivity contribution in [2.24, 2.45) is 0 Å². The molecule has 0 spiro atoms. The van der Waals surface area contributed by atoms with E-state index in [0.29, 0.717) is 6.54 Å². The maximum Gasteiger partial charge on any atom is 0.151 e. The Bertz CT molecular complexity index is 816. The molecule has 3 heterocycles. The predicted octanol–water partition coefficient (Wildman–Crippen LogP) is 4.60. The third-order valence-corrected chi connectivity index (χ3v) is 4.71. The Hall–Kier alpha value is -2.53. The number of hydrogen-bond acceptors (Lipinski definition) is 4. The van der Waals surface area contributed by atoms with Crippen molar-refractivity contribution in [3.63, 3.8) is 0 Å². The van der Waals surface area contributed by atoms with Crippen LogP contribution in [0.15, 0.2) is 59.3 Å². The number of aromatic nitrogens is 2. The highest BCUT2D eigenvalue weighted by Gasteiger charge is 2.25. The fraction of sp³-hybridized carbons (Fsp3) is 0.300. The highest BCUT2D eigenvalue weighted by atomic mass is 19.1. The molecule has 0 bridgehead atoms. The summed E-state index contributed by atoms with van der Waals surface area (Å²) >= 11 is 0. The summed E-state index contributed by atoms with van der Waals surface area (Å²) in [6, 6.07) is 14.8. The van der Waals surface area contributed by atoms with Crippen molar-refractivity contribution in [1.82, 2.24) is 15.0 Å². The van der Waals surface area contributed by atoms with Gasteiger partial charge in [0.1, 0.15) is 11.5 Å². The van der Waals surface area contributed by atoms with Crippen molar-refractivity contribution in [3.8, 4) is 11.4 Å². The van der Waals surface area contributed by atoms with E-state index in [-0.39, 0.29) is 11.9 Å². The molecule has 0 N–H and O–H groups in total. The molecule has 1 aliphatic rings. The molecule has 1 saturated heterocycles. The van der Waals surface area contributed by atoms with Crippen LogP contribution in [0.25, 0.3) is 11.4 Å². The minimum absolute atomic E-state index is 0.193. The van der Waals surface area contributed by atoms with Crippen LogP contribution in [0.5, 0.6) is 0 Å². The normalized spacial score (nSPS) is 18.4. The van der Waals surface area contributed by atoms with Gasteiger partial charge < -0.3 is 4.52 Å². The van der Waals surface area contributed by atoms with Crippen LogP contribution in [0.1, 0.15) is 36.6 Å². The van der Waals surface area contributed by atoms with Crippen LogP contribution in [0.3, 0.4) is 0 Å². The van der Waals surface area contributed by atoms with Crippen molar-refractivity contribution in [1.29, 1.82) is 0 Å². The zero-order valence-corrected chi connectivity index (χ0v) is 13.9. The first kappa shape index (κ1) is 16.0. The first-order chi connectivity index (χ1) is 12.3. The molecule has 1 fully saturated rings. The standard InChI is InChI=1S/C20H20FN3O/c21-16-9-7-15(8-10-16)20-6-2-4-12-24(20)14-17-13-19(23-25-17)18-5-1-3-11-22-18/h1,3,5,7-11,13,20H,2,4,6,12,14H2/t20-/m0/s1. The summed E-state index contributed by atoms with van der Waals surface area (Å²) in [6.07, 6.45) is 5.18. The van der Waals surface area contributed by atoms with Gasteiger partial charge in [-0.1, -0.05) is 29.8 Å². The molecule has 4 rings (SSSR count). The summed E-state index contributed by atoms with van der Waals surface area (Å²) in [5.74, 6) is 0.635. The van der Waals surface area contributed by atoms with Crippen LogP contribution in [0.4, 0.5) is 4.39 Å². The van der Waals surface area contributed by atoms with E-state index in [9.17, 15) is 4.39 Å². The van der Waals surface area contributed by atoms with Gasteiger partial charge in [0.15, 0.2) is 5.76 Å². The van der Waals surface area contributed by atoms with Crippen LogP contribution in [-0.2, 0) is 6.54 Å². The minimum Gasteiger partial charge on any atom is -0.359 e. The smallest absolute Gasteiger partial charge is 0.151 e. The Morgan fingerprint density at radius 2 is 1.96 bits per heavy atom. The van der Waals surface area contributed by atoms with Crippen molar-refractivity contribution < 1.29 is 8.91 Å². The van der Waals surface area contributed by atoms with E-state index >= 15 is 0 Å². The zero-order chi connectivity index (χ0) is 17.1. The highest BCUT2D eigenvalue weighted by molar-refractivity contribution is 5.52. The number of halogens is 1. The van der Waals surface area contributed by atoms with Crippen molar-refractivity contribution in [3.05, 3.63) is 71.9 Å². The number of rotatable bonds is 4. The molecular formula is C20H20FN3O. The zero-order valence-electron chi connectivity index (χ0n) is 13.9. The van der Waals surface area contributed by atoms with Gasteiger partial charge in [0.25, 0.3) is 0 Å². The summed E-state index contributed by atoms with van der Waals surface area (Å²) in [7, 11) is 0. The minimum atomic E-state index is -0.193. The van der Waals surface area contributed by atoms with Gasteiger partial charge in [-0.2, -0.15) is 0 Å². The van der Waals surface area contributed by atoms with E-state index < -0.39 is 0 Å². The van der Waals surface area contributed by atoms with Gasteiger partial charge in [-0.3, -0.25) is 9.88 Å². The van der Waals surface area contributed by atoms with Crippen molar-refractivity contribution in [2.75, 3.05) is 6.54 Å². The lowest BCUT2D eigenvalue weighted by atomic mass is 9.95. The molecule has 0 amide bonds. The summed E-state index contributed by atoms with van der Waals surface area (Å²) in [5, 5.41) is 4.15. The predicted molar refractivity (Wildman–Crippen MR) is 93.1 cm³/mol. The molecule has 1 aromatic carbocycles. The second-order valence-electron chi connectivity index (χ2n) is 6.43. The van der Waals surface area contributed by atoms with E-state index in [0.717, 1.165) is 35.7 Å². The number of nitrogens with zero attached hydrogens (tertiary/aromatic N) is 3. The van der Waals surface area contributed by atoms with E-state index in [2.05, 4.69) is 15.0 Å². The Labute approximate surface area is 146 Å². The first-order valence-electron chi connectivity index (χ1n) is 8.66. The van der Waals surface area contributed by atoms with Crippen LogP contribution in [-0.4, -0.2) is 21.6 Å². The quantitative estimate of drug-likeness (QED) is 0.697. The van der Waals surface area contributed by atoms with Crippen molar-refractivity contribution >= 4 is 0 Å². The molecule has 0 aliphatic carbocycles. The van der Waals surface area contributed by atoms with Gasteiger partial charge >= 0.3 is 0 Å². The second kappa shape index (κ2) is 7.15. The topological polar surface area (TPSA) is 42.2 Å². The Kier molecular flexibility index (Phi) is 4.57. The van der Waals surface area contributed by atoms with Gasteiger partial charge in [0, 0.05) is 18.3 Å². The summed E-state index contributed by atoms with van der Waals surface area (Å²) in [4.78, 5) is 6.70. The lowest BCUT2D eigenvalue weighted by Gasteiger charge is -2.35. The summed E-state index contributed by atoms with van der Waals surface area (Å²) in [6.45, 7) is 1.70. The van der Waals surface area contributed by atoms with Gasteiger partial charge in [0.05, 0.1) is 12.2 Å². The Balaban J connectivity index is 1.52. The highest BCUT2D eigenvalue weighted by Crippen LogP contribution is 2.32. The van der Waals surface area contributed by atoms with Gasteiger partial charge in [0.2, 0.25) is 0 Å². The second-order valence-corrected chi connectivity index (χ2v) is 6.43. The molecule has 0 saturated carbocycles. The number of benzene rings is 1. The first-order valence-corrected chi connectivity index (χ1v) is 8.66. The van der Waals surface area contributed by atoms with Gasteiger partial charge in [-0.05, 0) is 49.2 Å². The fourth-order valence-corrected chi connectivity index (χ4v) is 3.47. The van der Waals surface area contributed by atoms with Crippen molar-refractivity contribution in [2.45, 2.75) is 31.8 Å². The third kappa shape index (κ3) is 3.61. The van der Waals surface area contributed by atoms with E-state index in [4.69, 9.17) is 4.52 Å². The SMILES string of the molecule is Fc1ccc([C@@H]2CCCCN2Cc2cc(-c3ccccn3)no2)cc1. The molecule has 4 nitrogen and oxygen atoms in total. The molecule has 2 aromatic heterocycles. The molecule has 128 valence electrons. The number of piperidine rings is 1. The third-order valence-electron chi connectivity index (χ3n) is 4.71. The van der Waals surface area contributed by atoms with E-state index in [1.807, 2.05) is 36.4 Å². The monoisotopic (exact) mass is 337 g/mol. The molecule has 5 heteroatoms. The summed E-state index contributed by atoms with van der Waals surface area (Å²) < 4.78 is 18.8. The molecule has 3 aromatic rings. The molecule has 0 unspecified atom stereocenters. The van der Waals surface area contributed by atoms with E-state index in [1.165, 1.54) is 25.0 Å². The Morgan fingerprint density at radius 1 is 1.08 bits per heavy atom. The molecule has 0 radical (unpaired) electrons. The average Bonchev–Trinajstić information content (AvgIpc) is 3.12. The molecular weight excluding hydrogens is 317 g/mol. The summed E-state index contributed by atoms with van der Waals surface area (Å²) in [5.41, 5.74) is 2.72. The van der Waals surface area contributed by atoms with E-state index in [1.54, 1.807) is 6.20 Å². The maximum atomic E-state index is 13.2. The van der Waals surface area contributed by atoms with Crippen LogP contribution < -0.4 is 0 Å². The molecule has 1 aliphatic heterocycles. The average molecular weight is 337 g/mol. The molecule has 25 heavy (non-hydrogen) atoms. The van der Waals surface area contributed by atoms with Crippen LogP contribution in [0.2, 0.25) is 0 Å². The maximum absolute atomic E-state index is 13.2. The molecule has 1 atom stereocenters. The lowest BCUT2D eigenvalue weighted by molar-refractivity contribution is 0.126. The van der Waals surface area contributed by atoms with Crippen LogP contribution >= 0.6 is 0 Å².